The van der Waals surface area contributed by atoms with Crippen molar-refractivity contribution in [1.82, 2.24) is 4.90 Å². The molecule has 0 radical (unpaired) electrons. The molecule has 6 nitrogen and oxygen atoms in total. The Morgan fingerprint density at radius 1 is 0.906 bits per heavy atom. The Balaban J connectivity index is 1.10. The number of fused-ring (bicyclic) bond motifs is 1. The molecule has 10 aliphatic rings. The molecule has 4 N–H and O–H groups in total. The third-order valence-electron chi connectivity index (χ3n) is 17.3. The molecule has 6 bridgehead atoms. The van der Waals surface area contributed by atoms with Crippen LogP contribution in [0.15, 0.2) is 48.1 Å². The van der Waals surface area contributed by atoms with Gasteiger partial charge in [0.05, 0.1) is 30.0 Å². The van der Waals surface area contributed by atoms with E-state index < -0.39 is 45.8 Å². The van der Waals surface area contributed by atoms with E-state index in [-0.39, 0.29) is 47.2 Å². The van der Waals surface area contributed by atoms with Gasteiger partial charge in [0.25, 0.3) is 0 Å². The van der Waals surface area contributed by atoms with E-state index in [0.717, 1.165) is 55.7 Å². The quantitative estimate of drug-likeness (QED) is 0.156. The summed E-state index contributed by atoms with van der Waals surface area (Å²) < 4.78 is 41.8. The predicted molar refractivity (Wildman–Crippen MR) is 194 cm³/mol. The zero-order chi connectivity index (χ0) is 37.4. The second kappa shape index (κ2) is 12.0. The lowest BCUT2D eigenvalue weighted by Crippen LogP contribution is -2.67. The van der Waals surface area contributed by atoms with Gasteiger partial charge >= 0.3 is 6.18 Å². The van der Waals surface area contributed by atoms with Crippen molar-refractivity contribution in [2.45, 2.75) is 121 Å². The van der Waals surface area contributed by atoms with Crippen LogP contribution in [0.3, 0.4) is 0 Å². The van der Waals surface area contributed by atoms with Crippen LogP contribution in [0, 0.1) is 56.7 Å². The number of carbonyl (C=O) groups excluding carboxylic acids is 1. The van der Waals surface area contributed by atoms with Crippen LogP contribution in [0.2, 0.25) is 0 Å². The van der Waals surface area contributed by atoms with Crippen LogP contribution < -0.4 is 0 Å². The largest absolute Gasteiger partial charge is 0.416 e. The van der Waals surface area contributed by atoms with Crippen LogP contribution in [0.1, 0.15) is 113 Å². The smallest absolute Gasteiger partial charge is 0.394 e. The number of alkyl halides is 3. The minimum Gasteiger partial charge on any atom is -0.394 e. The van der Waals surface area contributed by atoms with Crippen molar-refractivity contribution in [3.8, 4) is 0 Å². The molecule has 7 saturated carbocycles. The van der Waals surface area contributed by atoms with Gasteiger partial charge in [0.2, 0.25) is 0 Å². The third kappa shape index (κ3) is 5.25. The number of rotatable bonds is 9. The monoisotopic (exact) mass is 737 g/mol. The molecule has 53 heavy (non-hydrogen) atoms. The van der Waals surface area contributed by atoms with E-state index >= 15 is 0 Å². The van der Waals surface area contributed by atoms with Gasteiger partial charge in [0.15, 0.2) is 5.78 Å². The van der Waals surface area contributed by atoms with Gasteiger partial charge in [-0.05, 0) is 136 Å². The Kier molecular flexibility index (Phi) is 8.27. The first-order valence-corrected chi connectivity index (χ1v) is 20.5. The first-order chi connectivity index (χ1) is 25.0. The van der Waals surface area contributed by atoms with Crippen molar-refractivity contribution < 1.29 is 38.4 Å². The van der Waals surface area contributed by atoms with Crippen molar-refractivity contribution in [3.05, 3.63) is 59.2 Å². The minimum atomic E-state index is -4.58. The molecule has 0 amide bonds. The maximum absolute atomic E-state index is 14.9. The Morgan fingerprint density at radius 3 is 2.21 bits per heavy atom. The van der Waals surface area contributed by atoms with Crippen LogP contribution in [0.4, 0.5) is 13.2 Å². The van der Waals surface area contributed by atoms with Crippen LogP contribution in [0.5, 0.6) is 0 Å². The minimum absolute atomic E-state index is 0.0230. The Morgan fingerprint density at radius 2 is 1.55 bits per heavy atom. The summed E-state index contributed by atoms with van der Waals surface area (Å²) in [6.07, 6.45) is 12.6. The van der Waals surface area contributed by atoms with Crippen LogP contribution in [-0.2, 0) is 6.18 Å². The van der Waals surface area contributed by atoms with Gasteiger partial charge in [-0.3, -0.25) is 9.69 Å². The van der Waals surface area contributed by atoms with Gasteiger partial charge in [0.1, 0.15) is 0 Å². The van der Waals surface area contributed by atoms with Gasteiger partial charge < -0.3 is 20.4 Å². The van der Waals surface area contributed by atoms with Gasteiger partial charge in [-0.2, -0.15) is 13.2 Å². The highest BCUT2D eigenvalue weighted by Crippen LogP contribution is 2.78. The SMILES string of the molecule is C[C@]12CC[C@H]3[C@]4(C=C[C@@]5(C=C4C(=O)c4cccc(C(F)(F)F)c4)CC(O)CC[C@]35C)[C@@H]1CC[C@@]2(O)CN(C[C@H](O)CO)CC12CC3CC(CC(C3)C1)C2. The molecule has 11 rings (SSSR count). The predicted octanol–water partition coefficient (Wildman–Crippen LogP) is 7.35. The fourth-order valence-corrected chi connectivity index (χ4v) is 15.5. The van der Waals surface area contributed by atoms with E-state index in [1.165, 1.54) is 50.7 Å². The summed E-state index contributed by atoms with van der Waals surface area (Å²) in [6.45, 7) is 5.61. The number of ketones is 1. The molecule has 2 spiro atoms. The zero-order valence-electron chi connectivity index (χ0n) is 31.4. The van der Waals surface area contributed by atoms with E-state index in [0.29, 0.717) is 37.8 Å². The second-order valence-corrected chi connectivity index (χ2v) is 20.1. The van der Waals surface area contributed by atoms with Crippen LogP contribution in [-0.4, -0.2) is 75.2 Å². The fourth-order valence-electron chi connectivity index (χ4n) is 15.5. The summed E-state index contributed by atoms with van der Waals surface area (Å²) in [4.78, 5) is 17.1. The average molecular weight is 738 g/mol. The number of halogens is 3. The number of nitrogens with zero attached hydrogens (tertiary/aromatic N) is 1. The molecule has 0 heterocycles. The number of hydrogen-bond donors (Lipinski definition) is 4. The molecule has 10 aliphatic carbocycles. The van der Waals surface area contributed by atoms with Crippen molar-refractivity contribution in [3.63, 3.8) is 0 Å². The summed E-state index contributed by atoms with van der Waals surface area (Å²) in [5, 5.41) is 45.0. The average Bonchev–Trinajstić information content (AvgIpc) is 3.36. The van der Waals surface area contributed by atoms with E-state index in [4.69, 9.17) is 0 Å². The van der Waals surface area contributed by atoms with E-state index in [1.807, 2.05) is 0 Å². The molecule has 0 aliphatic heterocycles. The molecule has 1 aromatic rings. The molecule has 0 aromatic heterocycles. The Hall–Kier alpha value is -2.04. The van der Waals surface area contributed by atoms with Crippen molar-refractivity contribution >= 4 is 5.78 Å². The van der Waals surface area contributed by atoms with Gasteiger partial charge in [-0.15, -0.1) is 0 Å². The highest BCUT2D eigenvalue weighted by Gasteiger charge is 2.74. The molecule has 0 saturated heterocycles. The number of aliphatic hydroxyl groups is 4. The highest BCUT2D eigenvalue weighted by atomic mass is 19.4. The number of allylic oxidation sites excluding steroid dienone is 4. The molecule has 290 valence electrons. The van der Waals surface area contributed by atoms with Gasteiger partial charge in [0, 0.05) is 47.0 Å². The summed E-state index contributed by atoms with van der Waals surface area (Å²) in [5.74, 6) is 1.78. The lowest BCUT2D eigenvalue weighted by atomic mass is 9.32. The summed E-state index contributed by atoms with van der Waals surface area (Å²) >= 11 is 0. The molecule has 9 atom stereocenters. The van der Waals surface area contributed by atoms with E-state index in [2.05, 4.69) is 37.0 Å². The molecule has 1 unspecified atom stereocenters. The number of Topliss-reactive ketones (excluding diaryl/α,β-unsaturated/α-hetero) is 1. The molecule has 1 aromatic carbocycles. The number of carbonyl (C=O) groups is 1. The van der Waals surface area contributed by atoms with Gasteiger partial charge in [-0.25, -0.2) is 0 Å². The molecular formula is C44H58F3NO5. The second-order valence-electron chi connectivity index (χ2n) is 20.1. The van der Waals surface area contributed by atoms with E-state index in [9.17, 15) is 38.4 Å². The Bertz CT molecular complexity index is 1690. The lowest BCUT2D eigenvalue weighted by Gasteiger charge is -2.71. The molecule has 7 fully saturated rings. The number of aliphatic hydroxyl groups excluding tert-OH is 3. The highest BCUT2D eigenvalue weighted by molar-refractivity contribution is 6.10. The van der Waals surface area contributed by atoms with Crippen molar-refractivity contribution in [2.75, 3.05) is 26.2 Å². The standard InChI is InChI=1S/C44H58F3NO5/c1-38-9-6-32(50)21-41(38)12-13-43(34(22-41)37(52)30-4-3-5-31(17-30)44(45,46)47)35(38)7-10-39(2)36(43)8-11-42(39,53)26-48(23-33(51)24-49)25-40-18-27-14-28(19-40)16-29(15-27)20-40/h3-5,12-13,17,22,27-29,32-33,35-36,49-51,53H,6-11,14-16,18-21,23-26H2,1-2H3/t27?,28?,29?,32?,33-,35+,36+,38+,39-,40?,41-,42+,43+/m0/s1. The third-order valence-corrected chi connectivity index (χ3v) is 17.3. The number of benzene rings is 1. The van der Waals surface area contributed by atoms with Crippen LogP contribution >= 0.6 is 0 Å². The lowest BCUT2D eigenvalue weighted by molar-refractivity contribution is -0.179. The normalized spacial score (nSPS) is 46.9. The summed E-state index contributed by atoms with van der Waals surface area (Å²) in [6, 6.07) is 4.79. The first-order valence-electron chi connectivity index (χ1n) is 20.5. The first kappa shape index (κ1) is 36.6. The molecule has 9 heteroatoms. The maximum Gasteiger partial charge on any atom is 0.416 e. The number of hydrogen-bond acceptors (Lipinski definition) is 6. The summed E-state index contributed by atoms with van der Waals surface area (Å²) in [7, 11) is 0. The van der Waals surface area contributed by atoms with E-state index in [1.54, 1.807) is 0 Å². The van der Waals surface area contributed by atoms with Crippen molar-refractivity contribution in [2.24, 2.45) is 56.7 Å². The zero-order valence-corrected chi connectivity index (χ0v) is 31.4. The maximum atomic E-state index is 14.9. The molecular weight excluding hydrogens is 679 g/mol. The Labute approximate surface area is 311 Å². The van der Waals surface area contributed by atoms with Crippen LogP contribution in [0.25, 0.3) is 0 Å². The van der Waals surface area contributed by atoms with Gasteiger partial charge in [-0.1, -0.05) is 44.2 Å². The van der Waals surface area contributed by atoms with Crippen molar-refractivity contribution in [1.29, 1.82) is 0 Å². The fraction of sp³-hybridized carbons (Fsp3) is 0.750. The topological polar surface area (TPSA) is 101 Å². The summed E-state index contributed by atoms with van der Waals surface area (Å²) in [5.41, 5.74) is -3.49.